The van der Waals surface area contributed by atoms with E-state index in [1.165, 1.54) is 23.8 Å². The van der Waals surface area contributed by atoms with Crippen LogP contribution in [0.2, 0.25) is 0 Å². The minimum absolute atomic E-state index is 0.00291. The van der Waals surface area contributed by atoms with Crippen LogP contribution in [0.15, 0.2) is 64.7 Å². The highest BCUT2D eigenvalue weighted by molar-refractivity contribution is 5.99. The standard InChI is InChI=1S/C31H29F3N4O5/c1-17-10-11-31(28(34)18(2)36-43-31)24-15-37(17)30(41)25-27(42-16-19-6-4-3-5-7-19)26(39)22(14-38(24)25)29(40)35-13-20-8-9-21(32)12-23(20)33/h3-9,12,14,17,24,28H,10-11,13,15-16H2,1-2H3,(H,35,40)/t17-,24+,28?,31-/m0/s1. The Balaban J connectivity index is 1.47. The first-order valence-electron chi connectivity index (χ1n) is 14.0. The van der Waals surface area contributed by atoms with Crippen LogP contribution in [0.3, 0.4) is 0 Å². The molecule has 1 N–H and O–H groups in total. The molecule has 4 heterocycles. The molecule has 0 saturated carbocycles. The van der Waals surface area contributed by atoms with Gasteiger partial charge in [-0.3, -0.25) is 14.4 Å². The smallest absolute Gasteiger partial charge is 0.274 e. The van der Waals surface area contributed by atoms with Gasteiger partial charge in [-0.2, -0.15) is 0 Å². The number of ether oxygens (including phenoxy) is 1. The van der Waals surface area contributed by atoms with E-state index >= 15 is 4.39 Å². The molecule has 9 nitrogen and oxygen atoms in total. The largest absolute Gasteiger partial charge is 0.483 e. The van der Waals surface area contributed by atoms with E-state index < -0.39 is 52.3 Å². The molecule has 0 aliphatic carbocycles. The van der Waals surface area contributed by atoms with Crippen LogP contribution in [-0.2, 0) is 18.0 Å². The maximum absolute atomic E-state index is 15.9. The monoisotopic (exact) mass is 594 g/mol. The first-order valence-corrected chi connectivity index (χ1v) is 14.0. The zero-order valence-corrected chi connectivity index (χ0v) is 23.5. The number of carbonyl (C=O) groups excluding carboxylic acids is 2. The summed E-state index contributed by atoms with van der Waals surface area (Å²) in [5.41, 5.74) is -1.99. The van der Waals surface area contributed by atoms with Crippen LogP contribution in [0, 0.1) is 11.6 Å². The summed E-state index contributed by atoms with van der Waals surface area (Å²) in [6.07, 6.45) is 0.255. The van der Waals surface area contributed by atoms with Crippen LogP contribution < -0.4 is 15.5 Å². The van der Waals surface area contributed by atoms with Crippen LogP contribution >= 0.6 is 0 Å². The summed E-state index contributed by atoms with van der Waals surface area (Å²) >= 11 is 0. The summed E-state index contributed by atoms with van der Waals surface area (Å²) in [6.45, 7) is 3.00. The number of alkyl halides is 1. The minimum Gasteiger partial charge on any atom is -0.483 e. The van der Waals surface area contributed by atoms with Gasteiger partial charge in [0.2, 0.25) is 5.43 Å². The van der Waals surface area contributed by atoms with Crippen molar-refractivity contribution in [3.63, 3.8) is 0 Å². The average Bonchev–Trinajstić information content (AvgIpc) is 3.20. The maximum atomic E-state index is 15.9. The van der Waals surface area contributed by atoms with E-state index in [1.807, 2.05) is 13.0 Å². The second kappa shape index (κ2) is 10.9. The summed E-state index contributed by atoms with van der Waals surface area (Å²) in [6, 6.07) is 10.7. The SMILES string of the molecule is CC1=NO[C@]2(CC[C@H](C)N3C[C@H]2n2cc(C(=O)NCc4ccc(F)cc4F)c(=O)c(OCc4ccccc4)c2C3=O)C1F. The maximum Gasteiger partial charge on any atom is 0.274 e. The van der Waals surface area contributed by atoms with Gasteiger partial charge >= 0.3 is 0 Å². The van der Waals surface area contributed by atoms with Crippen molar-refractivity contribution in [2.24, 2.45) is 5.16 Å². The number of halogens is 3. The van der Waals surface area contributed by atoms with Gasteiger partial charge in [0.15, 0.2) is 23.2 Å². The van der Waals surface area contributed by atoms with E-state index in [2.05, 4.69) is 10.5 Å². The van der Waals surface area contributed by atoms with E-state index in [0.29, 0.717) is 18.1 Å². The number of hydrogen-bond donors (Lipinski definition) is 1. The van der Waals surface area contributed by atoms with E-state index in [4.69, 9.17) is 9.57 Å². The Bertz CT molecular complexity index is 1690. The number of amides is 2. The number of benzene rings is 2. The van der Waals surface area contributed by atoms with E-state index in [1.54, 1.807) is 29.2 Å². The second-order valence-electron chi connectivity index (χ2n) is 11.2. The summed E-state index contributed by atoms with van der Waals surface area (Å²) in [4.78, 5) is 48.6. The zero-order valence-electron chi connectivity index (χ0n) is 23.5. The molecule has 0 radical (unpaired) electrons. The Morgan fingerprint density at radius 2 is 1.95 bits per heavy atom. The number of nitrogens with zero attached hydrogens (tertiary/aromatic N) is 3. The molecule has 4 atom stereocenters. The van der Waals surface area contributed by atoms with Crippen molar-refractivity contribution in [3.8, 4) is 5.75 Å². The van der Waals surface area contributed by atoms with Crippen molar-refractivity contribution in [2.45, 2.75) is 63.7 Å². The highest BCUT2D eigenvalue weighted by Gasteiger charge is 2.59. The van der Waals surface area contributed by atoms with Gasteiger partial charge in [0, 0.05) is 37.0 Å². The molecule has 1 saturated heterocycles. The fraction of sp³-hybridized carbons (Fsp3) is 0.355. The highest BCUT2D eigenvalue weighted by atomic mass is 19.1. The first-order chi connectivity index (χ1) is 20.6. The molecular formula is C31H29F3N4O5. The predicted molar refractivity (Wildman–Crippen MR) is 150 cm³/mol. The topological polar surface area (TPSA) is 102 Å². The number of fused-ring (bicyclic) bond motifs is 5. The molecular weight excluding hydrogens is 565 g/mol. The molecule has 6 rings (SSSR count). The molecule has 2 bridgehead atoms. The quantitative estimate of drug-likeness (QED) is 0.459. The fourth-order valence-electron chi connectivity index (χ4n) is 6.05. The molecule has 3 aliphatic rings. The third kappa shape index (κ3) is 4.84. The molecule has 2 amide bonds. The number of oxime groups is 1. The van der Waals surface area contributed by atoms with Crippen LogP contribution in [0.5, 0.6) is 5.75 Å². The van der Waals surface area contributed by atoms with Crippen LogP contribution in [-0.4, -0.2) is 51.4 Å². The van der Waals surface area contributed by atoms with Gasteiger partial charge in [0.05, 0.1) is 11.8 Å². The summed E-state index contributed by atoms with van der Waals surface area (Å²) in [5.74, 6) is -3.37. The molecule has 3 aromatic rings. The lowest BCUT2D eigenvalue weighted by atomic mass is 9.82. The molecule has 43 heavy (non-hydrogen) atoms. The van der Waals surface area contributed by atoms with Crippen LogP contribution in [0.25, 0.3) is 0 Å². The van der Waals surface area contributed by atoms with Gasteiger partial charge in [0.25, 0.3) is 11.8 Å². The molecule has 224 valence electrons. The van der Waals surface area contributed by atoms with Gasteiger partial charge in [-0.05, 0) is 38.3 Å². The van der Waals surface area contributed by atoms with Crippen molar-refractivity contribution in [2.75, 3.05) is 6.54 Å². The molecule has 1 fully saturated rings. The molecule has 3 aliphatic heterocycles. The van der Waals surface area contributed by atoms with Crippen LogP contribution in [0.1, 0.15) is 64.7 Å². The van der Waals surface area contributed by atoms with Gasteiger partial charge in [0.1, 0.15) is 23.8 Å². The summed E-state index contributed by atoms with van der Waals surface area (Å²) in [7, 11) is 0. The van der Waals surface area contributed by atoms with Gasteiger partial charge in [-0.15, -0.1) is 0 Å². The first kappa shape index (κ1) is 28.5. The van der Waals surface area contributed by atoms with Crippen LogP contribution in [0.4, 0.5) is 13.2 Å². The van der Waals surface area contributed by atoms with Gasteiger partial charge in [-0.1, -0.05) is 41.6 Å². The van der Waals surface area contributed by atoms with Crippen molar-refractivity contribution < 1.29 is 32.3 Å². The van der Waals surface area contributed by atoms with E-state index in [0.717, 1.165) is 6.07 Å². The highest BCUT2D eigenvalue weighted by Crippen LogP contribution is 2.47. The third-order valence-electron chi connectivity index (χ3n) is 8.49. The van der Waals surface area contributed by atoms with E-state index in [-0.39, 0.29) is 54.9 Å². The Hall–Kier alpha value is -4.61. The van der Waals surface area contributed by atoms with Crippen molar-refractivity contribution >= 4 is 17.5 Å². The third-order valence-corrected chi connectivity index (χ3v) is 8.49. The number of pyridine rings is 1. The second-order valence-corrected chi connectivity index (χ2v) is 11.2. The summed E-state index contributed by atoms with van der Waals surface area (Å²) < 4.78 is 50.9. The summed E-state index contributed by atoms with van der Waals surface area (Å²) in [5, 5.41) is 6.44. The molecule has 12 heteroatoms. The molecule has 1 unspecified atom stereocenters. The number of hydrogen-bond acceptors (Lipinski definition) is 6. The zero-order chi connectivity index (χ0) is 30.5. The van der Waals surface area contributed by atoms with Gasteiger partial charge < -0.3 is 24.4 Å². The average molecular weight is 595 g/mol. The molecule has 2 aromatic carbocycles. The lowest BCUT2D eigenvalue weighted by Gasteiger charge is -2.42. The predicted octanol–water partition coefficient (Wildman–Crippen LogP) is 4.30. The Kier molecular flexibility index (Phi) is 7.23. The van der Waals surface area contributed by atoms with Crippen molar-refractivity contribution in [1.29, 1.82) is 0 Å². The number of carbonyl (C=O) groups is 2. The normalized spacial score (nSPS) is 24.2. The van der Waals surface area contributed by atoms with Crippen molar-refractivity contribution in [1.82, 2.24) is 14.8 Å². The Labute approximate surface area is 244 Å². The number of rotatable bonds is 6. The fourth-order valence-corrected chi connectivity index (χ4v) is 6.05. The minimum atomic E-state index is -1.60. The molecule has 1 aromatic heterocycles. The lowest BCUT2D eigenvalue weighted by molar-refractivity contribution is -0.0957. The Morgan fingerprint density at radius 1 is 1.19 bits per heavy atom. The lowest BCUT2D eigenvalue weighted by Crippen LogP contribution is -2.55. The number of aromatic nitrogens is 1. The number of nitrogens with one attached hydrogen (secondary N) is 1. The molecule has 1 spiro atoms. The van der Waals surface area contributed by atoms with E-state index in [9.17, 15) is 23.2 Å². The van der Waals surface area contributed by atoms with Gasteiger partial charge in [-0.25, -0.2) is 13.2 Å². The Morgan fingerprint density at radius 3 is 2.65 bits per heavy atom. The van der Waals surface area contributed by atoms with Crippen molar-refractivity contribution in [3.05, 3.63) is 99.0 Å².